The summed E-state index contributed by atoms with van der Waals surface area (Å²) in [6.07, 6.45) is -5.49. The summed E-state index contributed by atoms with van der Waals surface area (Å²) in [5.41, 5.74) is 0.153. The fourth-order valence-electron chi connectivity index (χ4n) is 1.82. The Bertz CT molecular complexity index is 531. The minimum Gasteiger partial charge on any atom is -0.469 e. The van der Waals surface area contributed by atoms with Gasteiger partial charge in [0.25, 0.3) is 0 Å². The number of ether oxygens (including phenoxy) is 1. The van der Waals surface area contributed by atoms with Crippen molar-refractivity contribution >= 4 is 11.9 Å². The second kappa shape index (κ2) is 7.77. The van der Waals surface area contributed by atoms with Crippen molar-refractivity contribution in [3.63, 3.8) is 0 Å². The molecule has 4 nitrogen and oxygen atoms in total. The van der Waals surface area contributed by atoms with Gasteiger partial charge in [0.15, 0.2) is 0 Å². The Labute approximate surface area is 124 Å². The van der Waals surface area contributed by atoms with Crippen molar-refractivity contribution < 1.29 is 31.9 Å². The minimum absolute atomic E-state index is 0.0944. The molecule has 1 N–H and O–H groups in total. The summed E-state index contributed by atoms with van der Waals surface area (Å²) in [4.78, 5) is 22.1. The number of esters is 1. The summed E-state index contributed by atoms with van der Waals surface area (Å²) in [5, 5.41) is 1.77. The molecule has 0 saturated carbocycles. The Morgan fingerprint density at radius 3 is 2.45 bits per heavy atom. The molecule has 0 aliphatic carbocycles. The van der Waals surface area contributed by atoms with Crippen LogP contribution in [0.25, 0.3) is 0 Å². The largest absolute Gasteiger partial charge is 0.471 e. The number of hydrogen-bond donors (Lipinski definition) is 1. The Hall–Kier alpha value is -2.12. The zero-order valence-corrected chi connectivity index (χ0v) is 11.7. The van der Waals surface area contributed by atoms with E-state index in [1.54, 1.807) is 5.32 Å². The molecule has 0 aliphatic rings. The second-order valence-corrected chi connectivity index (χ2v) is 4.58. The van der Waals surface area contributed by atoms with E-state index in [1.807, 2.05) is 0 Å². The predicted octanol–water partition coefficient (Wildman–Crippen LogP) is 2.37. The maximum Gasteiger partial charge on any atom is 0.471 e. The quantitative estimate of drug-likeness (QED) is 0.646. The van der Waals surface area contributed by atoms with E-state index in [-0.39, 0.29) is 24.8 Å². The van der Waals surface area contributed by atoms with E-state index in [0.29, 0.717) is 0 Å². The van der Waals surface area contributed by atoms with Gasteiger partial charge in [0.1, 0.15) is 5.82 Å². The topological polar surface area (TPSA) is 55.4 Å². The Morgan fingerprint density at radius 1 is 1.27 bits per heavy atom. The number of halogens is 4. The van der Waals surface area contributed by atoms with Gasteiger partial charge >= 0.3 is 18.1 Å². The molecule has 0 fully saturated rings. The van der Waals surface area contributed by atoms with Crippen LogP contribution in [0.5, 0.6) is 0 Å². The summed E-state index contributed by atoms with van der Waals surface area (Å²) in [5.74, 6) is -3.34. The lowest BCUT2D eigenvalue weighted by molar-refractivity contribution is -0.174. The number of carbonyl (C=O) groups is 2. The van der Waals surface area contributed by atoms with Gasteiger partial charge in [-0.3, -0.25) is 9.59 Å². The summed E-state index contributed by atoms with van der Waals surface area (Å²) in [7, 11) is 1.14. The molecule has 1 aromatic carbocycles. The fourth-order valence-corrected chi connectivity index (χ4v) is 1.82. The first-order valence-corrected chi connectivity index (χ1v) is 6.42. The van der Waals surface area contributed by atoms with Crippen molar-refractivity contribution in [2.24, 2.45) is 0 Å². The maximum absolute atomic E-state index is 13.6. The lowest BCUT2D eigenvalue weighted by atomic mass is 10.0. The Balaban J connectivity index is 2.79. The molecule has 0 bridgehead atoms. The highest BCUT2D eigenvalue weighted by molar-refractivity contribution is 5.82. The normalized spacial score (nSPS) is 12.6. The summed E-state index contributed by atoms with van der Waals surface area (Å²) in [6, 6.07) is 4.50. The summed E-state index contributed by atoms with van der Waals surface area (Å²) < 4.78 is 54.9. The van der Waals surface area contributed by atoms with Crippen LogP contribution in [0.3, 0.4) is 0 Å². The molecular weight excluding hydrogens is 306 g/mol. The van der Waals surface area contributed by atoms with E-state index < -0.39 is 29.9 Å². The molecule has 0 aromatic heterocycles. The lowest BCUT2D eigenvalue weighted by Crippen LogP contribution is -2.44. The first-order chi connectivity index (χ1) is 10.2. The average Bonchev–Trinajstić information content (AvgIpc) is 2.45. The van der Waals surface area contributed by atoms with E-state index in [2.05, 4.69) is 4.74 Å². The maximum atomic E-state index is 13.6. The smallest absolute Gasteiger partial charge is 0.469 e. The summed E-state index contributed by atoms with van der Waals surface area (Å²) >= 11 is 0. The van der Waals surface area contributed by atoms with Crippen LogP contribution in [0.2, 0.25) is 0 Å². The third-order valence-corrected chi connectivity index (χ3v) is 2.94. The fraction of sp³-hybridized carbons (Fsp3) is 0.429. The Kier molecular flexibility index (Phi) is 6.33. The highest BCUT2D eigenvalue weighted by Crippen LogP contribution is 2.17. The third kappa shape index (κ3) is 5.71. The highest BCUT2D eigenvalue weighted by Gasteiger charge is 2.39. The number of rotatable bonds is 6. The number of benzene rings is 1. The molecule has 0 heterocycles. The molecule has 22 heavy (non-hydrogen) atoms. The van der Waals surface area contributed by atoms with Crippen LogP contribution < -0.4 is 5.32 Å². The SMILES string of the molecule is COC(=O)CC[C@@H](Cc1ccccc1F)NC(=O)C(F)(F)F. The van der Waals surface area contributed by atoms with E-state index in [4.69, 9.17) is 0 Å². The molecular formula is C14H15F4NO3. The number of nitrogens with one attached hydrogen (secondary N) is 1. The van der Waals surface area contributed by atoms with Crippen LogP contribution in [0, 0.1) is 5.82 Å². The molecule has 0 unspecified atom stereocenters. The molecule has 0 aliphatic heterocycles. The second-order valence-electron chi connectivity index (χ2n) is 4.58. The molecule has 0 saturated heterocycles. The minimum atomic E-state index is -5.04. The van der Waals surface area contributed by atoms with Gasteiger partial charge in [-0.15, -0.1) is 0 Å². The monoisotopic (exact) mass is 321 g/mol. The zero-order valence-electron chi connectivity index (χ0n) is 11.7. The van der Waals surface area contributed by atoms with Crippen molar-refractivity contribution in [1.82, 2.24) is 5.32 Å². The molecule has 1 aromatic rings. The molecule has 1 atom stereocenters. The van der Waals surface area contributed by atoms with Crippen molar-refractivity contribution in [1.29, 1.82) is 0 Å². The van der Waals surface area contributed by atoms with Gasteiger partial charge in [0.2, 0.25) is 0 Å². The van der Waals surface area contributed by atoms with E-state index >= 15 is 0 Å². The van der Waals surface area contributed by atoms with Gasteiger partial charge in [-0.1, -0.05) is 18.2 Å². The Morgan fingerprint density at radius 2 is 1.91 bits per heavy atom. The molecule has 122 valence electrons. The molecule has 0 radical (unpaired) electrons. The first-order valence-electron chi connectivity index (χ1n) is 6.42. The third-order valence-electron chi connectivity index (χ3n) is 2.94. The van der Waals surface area contributed by atoms with Gasteiger partial charge in [0.05, 0.1) is 7.11 Å². The highest BCUT2D eigenvalue weighted by atomic mass is 19.4. The predicted molar refractivity (Wildman–Crippen MR) is 69.3 cm³/mol. The van der Waals surface area contributed by atoms with Crippen LogP contribution in [-0.2, 0) is 20.7 Å². The van der Waals surface area contributed by atoms with Crippen molar-refractivity contribution in [2.75, 3.05) is 7.11 Å². The molecule has 1 rings (SSSR count). The van der Waals surface area contributed by atoms with Crippen LogP contribution in [-0.4, -0.2) is 31.2 Å². The number of alkyl halides is 3. The summed E-state index contributed by atoms with van der Waals surface area (Å²) in [6.45, 7) is 0. The molecule has 0 spiro atoms. The van der Waals surface area contributed by atoms with Crippen LogP contribution in [0.4, 0.5) is 17.6 Å². The van der Waals surface area contributed by atoms with Crippen molar-refractivity contribution in [2.45, 2.75) is 31.5 Å². The average molecular weight is 321 g/mol. The first kappa shape index (κ1) is 17.9. The lowest BCUT2D eigenvalue weighted by Gasteiger charge is -2.19. The van der Waals surface area contributed by atoms with E-state index in [0.717, 1.165) is 13.2 Å². The van der Waals surface area contributed by atoms with Gasteiger partial charge in [-0.2, -0.15) is 13.2 Å². The van der Waals surface area contributed by atoms with Gasteiger partial charge in [0, 0.05) is 12.5 Å². The number of amides is 1. The van der Waals surface area contributed by atoms with Crippen molar-refractivity contribution in [3.05, 3.63) is 35.6 Å². The van der Waals surface area contributed by atoms with Crippen molar-refractivity contribution in [3.8, 4) is 0 Å². The molecule has 1 amide bonds. The molecule has 8 heteroatoms. The zero-order chi connectivity index (χ0) is 16.8. The number of carbonyl (C=O) groups excluding carboxylic acids is 2. The van der Waals surface area contributed by atoms with Gasteiger partial charge < -0.3 is 10.1 Å². The van der Waals surface area contributed by atoms with Gasteiger partial charge in [-0.05, 0) is 24.5 Å². The van der Waals surface area contributed by atoms with Crippen LogP contribution in [0.1, 0.15) is 18.4 Å². The standard InChI is InChI=1S/C14H15F4NO3/c1-22-12(20)7-6-10(19-13(21)14(16,17)18)8-9-4-2-3-5-11(9)15/h2-5,10H,6-8H2,1H3,(H,19,21)/t10-/m0/s1. The van der Waals surface area contributed by atoms with E-state index in [1.165, 1.54) is 18.2 Å². The number of methoxy groups -OCH3 is 1. The van der Waals surface area contributed by atoms with E-state index in [9.17, 15) is 27.2 Å². The van der Waals surface area contributed by atoms with Gasteiger partial charge in [-0.25, -0.2) is 4.39 Å². The number of hydrogen-bond acceptors (Lipinski definition) is 3. The van der Waals surface area contributed by atoms with Crippen LogP contribution in [0.15, 0.2) is 24.3 Å². The van der Waals surface area contributed by atoms with Crippen LogP contribution >= 0.6 is 0 Å².